The number of amides is 1. The van der Waals surface area contributed by atoms with Gasteiger partial charge in [0.1, 0.15) is 0 Å². The fourth-order valence-electron chi connectivity index (χ4n) is 2.85. The van der Waals surface area contributed by atoms with Crippen molar-refractivity contribution in [1.82, 2.24) is 15.2 Å². The van der Waals surface area contributed by atoms with E-state index in [9.17, 15) is 26.4 Å². The van der Waals surface area contributed by atoms with Crippen LogP contribution in [0.4, 0.5) is 13.2 Å². The van der Waals surface area contributed by atoms with Gasteiger partial charge in [0.15, 0.2) is 5.03 Å². The molecule has 0 spiro atoms. The van der Waals surface area contributed by atoms with Crippen molar-refractivity contribution >= 4 is 15.7 Å². The number of hydrogen-bond acceptors (Lipinski definition) is 5. The topological polar surface area (TPSA) is 79.4 Å². The van der Waals surface area contributed by atoms with E-state index in [0.29, 0.717) is 6.42 Å². The zero-order valence-electron chi connectivity index (χ0n) is 14.3. The van der Waals surface area contributed by atoms with Crippen molar-refractivity contribution in [3.8, 4) is 0 Å². The van der Waals surface area contributed by atoms with Crippen LogP contribution in [-0.4, -0.2) is 55.9 Å². The molecule has 0 bridgehead atoms. The summed E-state index contributed by atoms with van der Waals surface area (Å²) in [6, 6.07) is 2.25. The number of nitrogens with one attached hydrogen (secondary N) is 1. The lowest BCUT2D eigenvalue weighted by Crippen LogP contribution is -2.32. The first-order chi connectivity index (χ1) is 12.2. The van der Waals surface area contributed by atoms with Gasteiger partial charge in [-0.15, -0.1) is 0 Å². The van der Waals surface area contributed by atoms with E-state index in [1.54, 1.807) is 0 Å². The maximum atomic E-state index is 12.7. The predicted molar refractivity (Wildman–Crippen MR) is 89.3 cm³/mol. The summed E-state index contributed by atoms with van der Waals surface area (Å²) >= 11 is 0. The fourth-order valence-corrected chi connectivity index (χ4v) is 3.72. The molecule has 1 aliphatic heterocycles. The van der Waals surface area contributed by atoms with E-state index in [4.69, 9.17) is 0 Å². The first-order valence-corrected chi connectivity index (χ1v) is 9.99. The molecule has 1 saturated heterocycles. The van der Waals surface area contributed by atoms with E-state index in [-0.39, 0.29) is 6.54 Å². The van der Waals surface area contributed by atoms with Crippen LogP contribution in [0.25, 0.3) is 0 Å². The summed E-state index contributed by atoms with van der Waals surface area (Å²) in [6.45, 7) is 3.03. The lowest BCUT2D eigenvalue weighted by atomic mass is 10.2. The molecule has 1 aromatic heterocycles. The number of likely N-dealkylation sites (tertiary alicyclic amines) is 1. The molecule has 0 saturated carbocycles. The van der Waals surface area contributed by atoms with Gasteiger partial charge in [0, 0.05) is 12.7 Å². The van der Waals surface area contributed by atoms with Crippen LogP contribution in [0.2, 0.25) is 0 Å². The second kappa shape index (κ2) is 8.81. The molecule has 10 heteroatoms. The highest BCUT2D eigenvalue weighted by molar-refractivity contribution is 7.92. The van der Waals surface area contributed by atoms with E-state index in [2.05, 4.69) is 15.2 Å². The van der Waals surface area contributed by atoms with Gasteiger partial charge in [0.05, 0.1) is 5.56 Å². The first-order valence-electron chi connectivity index (χ1n) is 8.50. The molecule has 1 amide bonds. The molecule has 0 aliphatic carbocycles. The lowest BCUT2D eigenvalue weighted by Gasteiger charge is -2.19. The Morgan fingerprint density at radius 1 is 1.19 bits per heavy atom. The number of alkyl halides is 3. The van der Waals surface area contributed by atoms with Crippen LogP contribution in [0.1, 0.15) is 42.5 Å². The molecule has 1 aromatic rings. The van der Waals surface area contributed by atoms with Gasteiger partial charge in [-0.2, -0.15) is 13.2 Å². The van der Waals surface area contributed by atoms with Crippen molar-refractivity contribution < 1.29 is 26.4 Å². The van der Waals surface area contributed by atoms with Crippen LogP contribution in [0.15, 0.2) is 23.4 Å². The number of nitrogens with zero attached hydrogens (tertiary/aromatic N) is 2. The molecule has 0 atom stereocenters. The Hall–Kier alpha value is -1.68. The third kappa shape index (κ3) is 5.16. The van der Waals surface area contributed by atoms with Gasteiger partial charge in [-0.1, -0.05) is 12.8 Å². The summed E-state index contributed by atoms with van der Waals surface area (Å²) in [7, 11) is -5.68. The zero-order chi connectivity index (χ0) is 19.2. The van der Waals surface area contributed by atoms with Crippen molar-refractivity contribution in [2.24, 2.45) is 0 Å². The van der Waals surface area contributed by atoms with Crippen molar-refractivity contribution in [1.29, 1.82) is 0 Å². The Kier molecular flexibility index (Phi) is 6.99. The molecule has 1 aliphatic rings. The highest BCUT2D eigenvalue weighted by atomic mass is 32.2. The number of halogens is 3. The normalized spacial score (nSPS) is 16.9. The molecule has 0 radical (unpaired) electrons. The van der Waals surface area contributed by atoms with Gasteiger partial charge in [0.25, 0.3) is 15.7 Å². The van der Waals surface area contributed by atoms with Crippen LogP contribution in [-0.2, 0) is 9.84 Å². The maximum Gasteiger partial charge on any atom is 0.503 e. The third-order valence-electron chi connectivity index (χ3n) is 4.21. The largest absolute Gasteiger partial charge is 0.503 e. The smallest absolute Gasteiger partial charge is 0.352 e. The average Bonchev–Trinajstić information content (AvgIpc) is 2.86. The van der Waals surface area contributed by atoms with Crippen LogP contribution in [0, 0.1) is 0 Å². The number of carbonyl (C=O) groups is 1. The summed E-state index contributed by atoms with van der Waals surface area (Å²) in [4.78, 5) is 17.7. The first kappa shape index (κ1) is 20.6. The predicted octanol–water partition coefficient (Wildman–Crippen LogP) is 2.37. The molecule has 0 aromatic carbocycles. The number of pyridine rings is 1. The minimum absolute atomic E-state index is 0.246. The third-order valence-corrected chi connectivity index (χ3v) is 5.65. The Morgan fingerprint density at radius 2 is 1.85 bits per heavy atom. The molecule has 1 N–H and O–H groups in total. The standard InChI is InChI=1S/C16H22F3N3O3S/c17-16(18,19)26(24,25)15-13(7-5-8-21-15)14(23)20-9-6-12-22-10-3-1-2-4-11-22/h5,7-8H,1-4,6,9-12H2,(H,20,23). The lowest BCUT2D eigenvalue weighted by molar-refractivity contribution is -0.0438. The number of rotatable bonds is 6. The van der Waals surface area contributed by atoms with Gasteiger partial charge in [-0.25, -0.2) is 13.4 Å². The van der Waals surface area contributed by atoms with Gasteiger partial charge in [0.2, 0.25) is 0 Å². The SMILES string of the molecule is O=C(NCCCN1CCCCCC1)c1cccnc1S(=O)(=O)C(F)(F)F. The van der Waals surface area contributed by atoms with E-state index in [1.165, 1.54) is 18.9 Å². The Balaban J connectivity index is 1.96. The van der Waals surface area contributed by atoms with Crippen LogP contribution < -0.4 is 5.32 Å². The number of hydrogen-bond donors (Lipinski definition) is 1. The number of carbonyl (C=O) groups excluding carboxylic acids is 1. The fraction of sp³-hybridized carbons (Fsp3) is 0.625. The number of aromatic nitrogens is 1. The molecule has 2 rings (SSSR count). The van der Waals surface area contributed by atoms with Crippen molar-refractivity contribution in [2.75, 3.05) is 26.2 Å². The quantitative estimate of drug-likeness (QED) is 0.751. The second-order valence-electron chi connectivity index (χ2n) is 6.17. The molecule has 146 valence electrons. The molecule has 1 fully saturated rings. The monoisotopic (exact) mass is 393 g/mol. The van der Waals surface area contributed by atoms with Crippen molar-refractivity contribution in [2.45, 2.75) is 42.6 Å². The van der Waals surface area contributed by atoms with Crippen molar-refractivity contribution in [3.05, 3.63) is 23.9 Å². The van der Waals surface area contributed by atoms with E-state index < -0.39 is 31.8 Å². The van der Waals surface area contributed by atoms with Crippen LogP contribution in [0.3, 0.4) is 0 Å². The molecule has 6 nitrogen and oxygen atoms in total. The van der Waals surface area contributed by atoms with E-state index >= 15 is 0 Å². The molecular formula is C16H22F3N3O3S. The number of sulfone groups is 1. The summed E-state index contributed by atoms with van der Waals surface area (Å²) in [6.07, 6.45) is 6.25. The molecule has 0 unspecified atom stereocenters. The Bertz CT molecular complexity index is 715. The summed E-state index contributed by atoms with van der Waals surface area (Å²) < 4.78 is 61.4. The van der Waals surface area contributed by atoms with Crippen molar-refractivity contribution in [3.63, 3.8) is 0 Å². The highest BCUT2D eigenvalue weighted by Gasteiger charge is 2.49. The second-order valence-corrected chi connectivity index (χ2v) is 8.03. The minimum Gasteiger partial charge on any atom is -0.352 e. The van der Waals surface area contributed by atoms with Gasteiger partial charge < -0.3 is 10.2 Å². The van der Waals surface area contributed by atoms with Gasteiger partial charge in [-0.05, 0) is 51.0 Å². The zero-order valence-corrected chi connectivity index (χ0v) is 15.1. The van der Waals surface area contributed by atoms with Gasteiger partial charge in [-0.3, -0.25) is 4.79 Å². The van der Waals surface area contributed by atoms with E-state index in [0.717, 1.165) is 44.7 Å². The molecule has 26 heavy (non-hydrogen) atoms. The minimum atomic E-state index is -5.68. The molecular weight excluding hydrogens is 371 g/mol. The van der Waals surface area contributed by atoms with Crippen LogP contribution in [0.5, 0.6) is 0 Å². The highest BCUT2D eigenvalue weighted by Crippen LogP contribution is 2.30. The molecule has 2 heterocycles. The maximum absolute atomic E-state index is 12.7. The summed E-state index contributed by atoms with van der Waals surface area (Å²) in [5.74, 6) is -0.878. The Morgan fingerprint density at radius 3 is 2.46 bits per heavy atom. The van der Waals surface area contributed by atoms with Crippen LogP contribution >= 0.6 is 0 Å². The van der Waals surface area contributed by atoms with E-state index in [1.807, 2.05) is 0 Å². The average molecular weight is 393 g/mol. The summed E-state index contributed by atoms with van der Waals surface area (Å²) in [5, 5.41) is 1.21. The Labute approximate surface area is 150 Å². The summed E-state index contributed by atoms with van der Waals surface area (Å²) in [5.41, 5.74) is -6.11. The van der Waals surface area contributed by atoms with Gasteiger partial charge >= 0.3 is 5.51 Å².